The van der Waals surface area contributed by atoms with Crippen LogP contribution in [0.2, 0.25) is 0 Å². The SMILES string of the molecule is c1ccc(-c2nc3c(ccc4cc(-c5ccccc5)c5ccc(N(c6ccccc6)c6ccc7oc8ccccc8c7c6)cc5c43)s2)cc1. The number of benzene rings is 8. The lowest BCUT2D eigenvalue weighted by Gasteiger charge is -2.26. The van der Waals surface area contributed by atoms with Crippen molar-refractivity contribution in [1.29, 1.82) is 0 Å². The topological polar surface area (TPSA) is 29.3 Å². The normalized spacial score (nSPS) is 11.7. The molecule has 0 saturated heterocycles. The second kappa shape index (κ2) is 11.2. The summed E-state index contributed by atoms with van der Waals surface area (Å²) in [5.41, 5.74) is 9.60. The van der Waals surface area contributed by atoms with Gasteiger partial charge in [-0.25, -0.2) is 4.98 Å². The maximum Gasteiger partial charge on any atom is 0.135 e. The lowest BCUT2D eigenvalue weighted by molar-refractivity contribution is 0.669. The van der Waals surface area contributed by atoms with Crippen LogP contribution < -0.4 is 4.90 Å². The van der Waals surface area contributed by atoms with Crippen molar-refractivity contribution in [3.8, 4) is 21.7 Å². The fourth-order valence-electron chi connectivity index (χ4n) is 7.20. The molecule has 0 aliphatic heterocycles. The molecule has 10 rings (SSSR count). The second-order valence-electron chi connectivity index (χ2n) is 12.4. The van der Waals surface area contributed by atoms with Crippen molar-refractivity contribution in [2.75, 3.05) is 4.90 Å². The van der Waals surface area contributed by atoms with Gasteiger partial charge in [0, 0.05) is 38.8 Å². The molecule has 0 fully saturated rings. The Balaban J connectivity index is 1.26. The van der Waals surface area contributed by atoms with E-state index in [-0.39, 0.29) is 0 Å². The van der Waals surface area contributed by atoms with Crippen molar-refractivity contribution in [2.24, 2.45) is 0 Å². The zero-order valence-electron chi connectivity index (χ0n) is 26.4. The summed E-state index contributed by atoms with van der Waals surface area (Å²) >= 11 is 1.75. The smallest absolute Gasteiger partial charge is 0.135 e. The number of rotatable bonds is 5. The van der Waals surface area contributed by atoms with E-state index in [9.17, 15) is 0 Å². The Hall–Kier alpha value is -6.23. The first-order valence-corrected chi connectivity index (χ1v) is 17.3. The zero-order chi connectivity index (χ0) is 32.3. The van der Waals surface area contributed by atoms with Gasteiger partial charge in [0.25, 0.3) is 0 Å². The minimum absolute atomic E-state index is 0.884. The number of nitrogens with zero attached hydrogens (tertiary/aromatic N) is 2. The highest BCUT2D eigenvalue weighted by Gasteiger charge is 2.19. The summed E-state index contributed by atoms with van der Waals surface area (Å²) in [6.07, 6.45) is 0. The first-order valence-electron chi connectivity index (χ1n) is 16.5. The van der Waals surface area contributed by atoms with E-state index in [0.29, 0.717) is 0 Å². The summed E-state index contributed by atoms with van der Waals surface area (Å²) in [6, 6.07) is 60.3. The zero-order valence-corrected chi connectivity index (χ0v) is 27.2. The lowest BCUT2D eigenvalue weighted by atomic mass is 9.92. The van der Waals surface area contributed by atoms with E-state index in [2.05, 4.69) is 163 Å². The van der Waals surface area contributed by atoms with Crippen molar-refractivity contribution >= 4 is 82.1 Å². The van der Waals surface area contributed by atoms with Crippen LogP contribution in [0.3, 0.4) is 0 Å². The summed E-state index contributed by atoms with van der Waals surface area (Å²) in [7, 11) is 0. The molecule has 10 aromatic rings. The molecule has 230 valence electrons. The van der Waals surface area contributed by atoms with Gasteiger partial charge in [-0.05, 0) is 87.9 Å². The number of thiazole rings is 1. The van der Waals surface area contributed by atoms with Crippen LogP contribution in [-0.2, 0) is 0 Å². The quantitative estimate of drug-likeness (QED) is 0.175. The summed E-state index contributed by atoms with van der Waals surface area (Å²) in [5.74, 6) is 0. The number of aromatic nitrogens is 1. The summed E-state index contributed by atoms with van der Waals surface area (Å²) in [6.45, 7) is 0. The third-order valence-electron chi connectivity index (χ3n) is 9.45. The van der Waals surface area contributed by atoms with Gasteiger partial charge < -0.3 is 9.32 Å². The van der Waals surface area contributed by atoms with E-state index in [1.165, 1.54) is 37.4 Å². The Morgan fingerprint density at radius 3 is 1.92 bits per heavy atom. The summed E-state index contributed by atoms with van der Waals surface area (Å²) in [4.78, 5) is 7.65. The molecule has 8 aromatic carbocycles. The lowest BCUT2D eigenvalue weighted by Crippen LogP contribution is -2.09. The number of hydrogen-bond acceptors (Lipinski definition) is 4. The first-order chi connectivity index (χ1) is 24.3. The van der Waals surface area contributed by atoms with Crippen LogP contribution in [0.25, 0.3) is 75.4 Å². The molecule has 0 bridgehead atoms. The van der Waals surface area contributed by atoms with Crippen molar-refractivity contribution in [3.63, 3.8) is 0 Å². The van der Waals surface area contributed by atoms with E-state index < -0.39 is 0 Å². The molecule has 0 saturated carbocycles. The highest BCUT2D eigenvalue weighted by molar-refractivity contribution is 7.21. The Morgan fingerprint density at radius 1 is 0.469 bits per heavy atom. The van der Waals surface area contributed by atoms with Crippen LogP contribution in [0.1, 0.15) is 0 Å². The molecule has 2 aromatic heterocycles. The molecule has 0 spiro atoms. The Labute approximate surface area is 286 Å². The van der Waals surface area contributed by atoms with E-state index in [1.807, 2.05) is 12.1 Å². The maximum atomic E-state index is 6.21. The molecule has 49 heavy (non-hydrogen) atoms. The molecular formula is C45H28N2OS. The van der Waals surface area contributed by atoms with Gasteiger partial charge in [0.1, 0.15) is 16.2 Å². The minimum Gasteiger partial charge on any atom is -0.456 e. The van der Waals surface area contributed by atoms with E-state index in [0.717, 1.165) is 55.1 Å². The molecule has 2 heterocycles. The fourth-order valence-corrected chi connectivity index (χ4v) is 8.18. The molecule has 0 atom stereocenters. The molecule has 0 unspecified atom stereocenters. The largest absolute Gasteiger partial charge is 0.456 e. The number of fused-ring (bicyclic) bond motifs is 8. The van der Waals surface area contributed by atoms with Crippen molar-refractivity contribution < 1.29 is 4.42 Å². The summed E-state index contributed by atoms with van der Waals surface area (Å²) < 4.78 is 7.39. The summed E-state index contributed by atoms with van der Waals surface area (Å²) in [5, 5.41) is 7.99. The molecule has 0 aliphatic carbocycles. The fraction of sp³-hybridized carbons (Fsp3) is 0. The molecule has 3 nitrogen and oxygen atoms in total. The first kappa shape index (κ1) is 27.8. The third kappa shape index (κ3) is 4.61. The second-order valence-corrected chi connectivity index (χ2v) is 13.4. The highest BCUT2D eigenvalue weighted by atomic mass is 32.1. The number of hydrogen-bond donors (Lipinski definition) is 0. The number of para-hydroxylation sites is 2. The van der Waals surface area contributed by atoms with E-state index >= 15 is 0 Å². The number of furan rings is 1. The van der Waals surface area contributed by atoms with Gasteiger partial charge in [0.2, 0.25) is 0 Å². The monoisotopic (exact) mass is 644 g/mol. The van der Waals surface area contributed by atoms with Gasteiger partial charge in [-0.15, -0.1) is 11.3 Å². The van der Waals surface area contributed by atoms with Crippen molar-refractivity contribution in [3.05, 3.63) is 170 Å². The predicted octanol–water partition coefficient (Wildman–Crippen LogP) is 13.3. The van der Waals surface area contributed by atoms with Gasteiger partial charge in [0.15, 0.2) is 0 Å². The van der Waals surface area contributed by atoms with Crippen LogP contribution in [0, 0.1) is 0 Å². The average molecular weight is 645 g/mol. The molecular weight excluding hydrogens is 617 g/mol. The molecule has 4 heteroatoms. The number of anilines is 3. The van der Waals surface area contributed by atoms with Crippen LogP contribution in [0.4, 0.5) is 17.1 Å². The Kier molecular flexibility index (Phi) is 6.36. The van der Waals surface area contributed by atoms with Gasteiger partial charge in [0.05, 0.1) is 10.2 Å². The Bertz CT molecular complexity index is 2820. The van der Waals surface area contributed by atoms with E-state index in [4.69, 9.17) is 9.40 Å². The standard InChI is InChI=1S/C45H28N2OS/c1-4-12-29(13-5-1)37-26-31-20-25-42-44(46-45(49-42)30-14-6-2-7-15-30)43(31)39-28-33(21-23-35(37)39)47(32-16-8-3-9-17-32)34-22-24-41-38(27-34)36-18-10-11-19-40(36)48-41/h1-28H. The third-order valence-corrected chi connectivity index (χ3v) is 10.5. The van der Waals surface area contributed by atoms with E-state index in [1.54, 1.807) is 11.3 Å². The van der Waals surface area contributed by atoms with Gasteiger partial charge in [-0.3, -0.25) is 0 Å². The highest BCUT2D eigenvalue weighted by Crippen LogP contribution is 2.44. The molecule has 0 radical (unpaired) electrons. The van der Waals surface area contributed by atoms with Crippen LogP contribution in [0.15, 0.2) is 174 Å². The van der Waals surface area contributed by atoms with Crippen LogP contribution in [-0.4, -0.2) is 4.98 Å². The van der Waals surface area contributed by atoms with Gasteiger partial charge in [-0.2, -0.15) is 0 Å². The predicted molar refractivity (Wildman–Crippen MR) is 207 cm³/mol. The van der Waals surface area contributed by atoms with Crippen LogP contribution >= 0.6 is 11.3 Å². The Morgan fingerprint density at radius 2 is 1.12 bits per heavy atom. The maximum absolute atomic E-state index is 6.21. The molecule has 0 amide bonds. The molecule has 0 N–H and O–H groups in total. The van der Waals surface area contributed by atoms with Crippen molar-refractivity contribution in [1.82, 2.24) is 4.98 Å². The minimum atomic E-state index is 0.884. The molecule has 0 aliphatic rings. The average Bonchev–Trinajstić information content (AvgIpc) is 3.77. The van der Waals surface area contributed by atoms with Gasteiger partial charge >= 0.3 is 0 Å². The van der Waals surface area contributed by atoms with Gasteiger partial charge in [-0.1, -0.05) is 109 Å². The van der Waals surface area contributed by atoms with Crippen LogP contribution in [0.5, 0.6) is 0 Å². The van der Waals surface area contributed by atoms with Crippen molar-refractivity contribution in [2.45, 2.75) is 0 Å².